The Morgan fingerprint density at radius 3 is 3.27 bits per heavy atom. The Balaban J connectivity index is 1.65. The van der Waals surface area contributed by atoms with E-state index >= 15 is 0 Å². The molecule has 1 unspecified atom stereocenters. The molecule has 1 N–H and O–H groups in total. The molecule has 3 heterocycles. The van der Waals surface area contributed by atoms with Crippen LogP contribution in [0.4, 0.5) is 0 Å². The zero-order chi connectivity index (χ0) is 15.4. The predicted molar refractivity (Wildman–Crippen MR) is 87.0 cm³/mol. The minimum absolute atomic E-state index is 0.0649. The van der Waals surface area contributed by atoms with Crippen molar-refractivity contribution in [3.05, 3.63) is 29.3 Å². The third kappa shape index (κ3) is 3.23. The quantitative estimate of drug-likeness (QED) is 0.833. The van der Waals surface area contributed by atoms with Gasteiger partial charge in [0.2, 0.25) is 0 Å². The summed E-state index contributed by atoms with van der Waals surface area (Å²) in [7, 11) is 0. The molecule has 1 aliphatic heterocycles. The van der Waals surface area contributed by atoms with Gasteiger partial charge in [0.05, 0.1) is 28.9 Å². The van der Waals surface area contributed by atoms with Gasteiger partial charge in [0, 0.05) is 25.6 Å². The number of nitrogens with one attached hydrogen (secondary N) is 1. The highest BCUT2D eigenvalue weighted by Crippen LogP contribution is 2.28. The summed E-state index contributed by atoms with van der Waals surface area (Å²) in [5, 5.41) is 9.01. The van der Waals surface area contributed by atoms with E-state index in [-0.39, 0.29) is 5.91 Å². The lowest BCUT2D eigenvalue weighted by atomic mass is 10.1. The molecular weight excluding hydrogens is 298 g/mol. The first-order valence-electron chi connectivity index (χ1n) is 7.74. The lowest BCUT2D eigenvalue weighted by Crippen LogP contribution is -2.29. The molecule has 6 heteroatoms. The second-order valence-corrected chi connectivity index (χ2v) is 6.56. The second-order valence-electron chi connectivity index (χ2n) is 5.62. The molecule has 2 aromatic rings. The van der Waals surface area contributed by atoms with Gasteiger partial charge in [0.1, 0.15) is 0 Å². The molecule has 0 aliphatic carbocycles. The summed E-state index contributed by atoms with van der Waals surface area (Å²) in [6.07, 6.45) is 3.69. The van der Waals surface area contributed by atoms with Crippen molar-refractivity contribution >= 4 is 17.2 Å². The number of rotatable bonds is 6. The largest absolute Gasteiger partial charge is 0.381 e. The fourth-order valence-corrected chi connectivity index (χ4v) is 3.51. The summed E-state index contributed by atoms with van der Waals surface area (Å²) in [6, 6.07) is 3.98. The molecule has 2 aromatic heterocycles. The summed E-state index contributed by atoms with van der Waals surface area (Å²) in [4.78, 5) is 15.7. The average Bonchev–Trinajstić information content (AvgIpc) is 3.26. The van der Waals surface area contributed by atoms with E-state index < -0.39 is 0 Å². The second kappa shape index (κ2) is 7.07. The number of H-pyrrole nitrogens is 1. The smallest absolute Gasteiger partial charge is 0.257 e. The van der Waals surface area contributed by atoms with Crippen molar-refractivity contribution in [1.29, 1.82) is 0 Å². The summed E-state index contributed by atoms with van der Waals surface area (Å²) < 4.78 is 5.61. The van der Waals surface area contributed by atoms with Crippen LogP contribution in [0.2, 0.25) is 0 Å². The molecule has 0 radical (unpaired) electrons. The van der Waals surface area contributed by atoms with E-state index in [1.165, 1.54) is 0 Å². The van der Waals surface area contributed by atoms with Crippen molar-refractivity contribution in [2.24, 2.45) is 5.92 Å². The van der Waals surface area contributed by atoms with Crippen LogP contribution < -0.4 is 0 Å². The zero-order valence-corrected chi connectivity index (χ0v) is 13.6. The maximum absolute atomic E-state index is 12.7. The lowest BCUT2D eigenvalue weighted by molar-refractivity contribution is 0.0755. The Kier molecular flexibility index (Phi) is 4.90. The number of ether oxygens (including phenoxy) is 1. The molecule has 22 heavy (non-hydrogen) atoms. The van der Waals surface area contributed by atoms with Gasteiger partial charge in [-0.2, -0.15) is 5.10 Å². The van der Waals surface area contributed by atoms with E-state index in [0.29, 0.717) is 11.5 Å². The molecule has 1 aliphatic rings. The van der Waals surface area contributed by atoms with Crippen LogP contribution in [0.1, 0.15) is 30.1 Å². The molecule has 1 fully saturated rings. The Bertz CT molecular complexity index is 609. The Labute approximate surface area is 134 Å². The molecule has 0 spiro atoms. The molecule has 1 amide bonds. The highest BCUT2D eigenvalue weighted by molar-refractivity contribution is 7.13. The van der Waals surface area contributed by atoms with E-state index in [1.807, 2.05) is 22.4 Å². The number of thiophene rings is 1. The summed E-state index contributed by atoms with van der Waals surface area (Å²) in [5.41, 5.74) is 1.49. The molecule has 1 saturated heterocycles. The molecule has 0 aromatic carbocycles. The van der Waals surface area contributed by atoms with E-state index in [4.69, 9.17) is 4.74 Å². The zero-order valence-electron chi connectivity index (χ0n) is 12.7. The minimum Gasteiger partial charge on any atom is -0.381 e. The van der Waals surface area contributed by atoms with Gasteiger partial charge >= 0.3 is 0 Å². The Hall–Kier alpha value is -1.66. The normalized spacial score (nSPS) is 18.0. The molecule has 3 rings (SSSR count). The first-order valence-corrected chi connectivity index (χ1v) is 8.61. The number of nitrogens with zero attached hydrogens (tertiary/aromatic N) is 2. The van der Waals surface area contributed by atoms with Crippen molar-refractivity contribution in [3.63, 3.8) is 0 Å². The topological polar surface area (TPSA) is 58.2 Å². The van der Waals surface area contributed by atoms with E-state index in [2.05, 4.69) is 17.1 Å². The van der Waals surface area contributed by atoms with Crippen molar-refractivity contribution in [2.75, 3.05) is 26.3 Å². The summed E-state index contributed by atoms with van der Waals surface area (Å²) in [5.74, 6) is 0.516. The molecule has 0 bridgehead atoms. The van der Waals surface area contributed by atoms with Crippen molar-refractivity contribution in [1.82, 2.24) is 15.1 Å². The van der Waals surface area contributed by atoms with Gasteiger partial charge in [-0.15, -0.1) is 11.3 Å². The van der Waals surface area contributed by atoms with Gasteiger partial charge in [-0.05, 0) is 24.3 Å². The monoisotopic (exact) mass is 319 g/mol. The van der Waals surface area contributed by atoms with Crippen LogP contribution in [0.3, 0.4) is 0 Å². The number of carbonyl (C=O) groups is 1. The standard InChI is InChI=1S/C16H21N3O2S/c1-2-7-21-11-12-5-6-19(10-12)16(20)13-9-17-18-15(13)14-4-3-8-22-14/h3-4,8-9,12H,2,5-7,10-11H2,1H3,(H,17,18). The lowest BCUT2D eigenvalue weighted by Gasteiger charge is -2.16. The van der Waals surface area contributed by atoms with Crippen LogP contribution in [0.5, 0.6) is 0 Å². The van der Waals surface area contributed by atoms with E-state index in [1.54, 1.807) is 17.5 Å². The number of hydrogen-bond acceptors (Lipinski definition) is 4. The minimum atomic E-state index is 0.0649. The number of carbonyl (C=O) groups excluding carboxylic acids is 1. The van der Waals surface area contributed by atoms with Crippen LogP contribution >= 0.6 is 11.3 Å². The number of hydrogen-bond donors (Lipinski definition) is 1. The van der Waals surface area contributed by atoms with Crippen LogP contribution in [0.25, 0.3) is 10.6 Å². The van der Waals surface area contributed by atoms with Gasteiger partial charge in [-0.3, -0.25) is 9.89 Å². The summed E-state index contributed by atoms with van der Waals surface area (Å²) in [6.45, 7) is 5.23. The third-order valence-corrected chi connectivity index (χ3v) is 4.80. The molecular formula is C16H21N3O2S. The van der Waals surface area contributed by atoms with Crippen LogP contribution in [0.15, 0.2) is 23.7 Å². The number of aromatic amines is 1. The highest BCUT2D eigenvalue weighted by atomic mass is 32.1. The maximum Gasteiger partial charge on any atom is 0.257 e. The van der Waals surface area contributed by atoms with Crippen LogP contribution in [-0.4, -0.2) is 47.3 Å². The van der Waals surface area contributed by atoms with Gasteiger partial charge < -0.3 is 9.64 Å². The molecule has 5 nitrogen and oxygen atoms in total. The number of aromatic nitrogens is 2. The molecule has 118 valence electrons. The van der Waals surface area contributed by atoms with E-state index in [0.717, 1.165) is 49.7 Å². The van der Waals surface area contributed by atoms with E-state index in [9.17, 15) is 4.79 Å². The van der Waals surface area contributed by atoms with Crippen LogP contribution in [-0.2, 0) is 4.74 Å². The summed E-state index contributed by atoms with van der Waals surface area (Å²) >= 11 is 1.61. The maximum atomic E-state index is 12.7. The average molecular weight is 319 g/mol. The van der Waals surface area contributed by atoms with Gasteiger partial charge in [-0.25, -0.2) is 0 Å². The molecule has 1 atom stereocenters. The molecule has 0 saturated carbocycles. The van der Waals surface area contributed by atoms with Gasteiger partial charge in [0.25, 0.3) is 5.91 Å². The fraction of sp³-hybridized carbons (Fsp3) is 0.500. The highest BCUT2D eigenvalue weighted by Gasteiger charge is 2.29. The van der Waals surface area contributed by atoms with Gasteiger partial charge in [0.15, 0.2) is 0 Å². The predicted octanol–water partition coefficient (Wildman–Crippen LogP) is 3.03. The number of amides is 1. The first kappa shape index (κ1) is 15.2. The Morgan fingerprint density at radius 1 is 1.59 bits per heavy atom. The van der Waals surface area contributed by atoms with Crippen molar-refractivity contribution in [3.8, 4) is 10.6 Å². The Morgan fingerprint density at radius 2 is 2.50 bits per heavy atom. The third-order valence-electron chi connectivity index (χ3n) is 3.91. The fourth-order valence-electron chi connectivity index (χ4n) is 2.77. The van der Waals surface area contributed by atoms with Crippen LogP contribution in [0, 0.1) is 5.92 Å². The first-order chi connectivity index (χ1) is 10.8. The van der Waals surface area contributed by atoms with Gasteiger partial charge in [-0.1, -0.05) is 13.0 Å². The SMILES string of the molecule is CCCOCC1CCN(C(=O)c2cn[nH]c2-c2cccs2)C1. The van der Waals surface area contributed by atoms with Crippen molar-refractivity contribution in [2.45, 2.75) is 19.8 Å². The number of likely N-dealkylation sites (tertiary alicyclic amines) is 1. The van der Waals surface area contributed by atoms with Crippen molar-refractivity contribution < 1.29 is 9.53 Å².